The lowest BCUT2D eigenvalue weighted by Crippen LogP contribution is -2.10. The van der Waals surface area contributed by atoms with Crippen LogP contribution in [-0.4, -0.2) is 18.9 Å². The number of carbonyl (C=O) groups excluding carboxylic acids is 2. The summed E-state index contributed by atoms with van der Waals surface area (Å²) >= 11 is 11.8. The number of nitrogens with one attached hydrogen (secondary N) is 2. The standard InChI is InChI=1S/C18H16Cl2N2O3/c1-11(23)21-13-5-7-17(25-2)16(10-13)22-18(24)8-4-12-3-6-14(19)15(20)9-12/h3-10H,1-2H3,(H,21,23)(H,22,24)/b8-4+. The fourth-order valence-corrected chi connectivity index (χ4v) is 2.36. The highest BCUT2D eigenvalue weighted by Crippen LogP contribution is 2.28. The predicted octanol–water partition coefficient (Wildman–Crippen LogP) is 4.61. The molecule has 0 saturated heterocycles. The van der Waals surface area contributed by atoms with Gasteiger partial charge in [0.15, 0.2) is 0 Å². The maximum atomic E-state index is 12.1. The van der Waals surface area contributed by atoms with Gasteiger partial charge in [0.1, 0.15) is 5.75 Å². The molecule has 0 aliphatic carbocycles. The van der Waals surface area contributed by atoms with Gasteiger partial charge in [-0.3, -0.25) is 9.59 Å². The Kier molecular flexibility index (Phi) is 6.44. The van der Waals surface area contributed by atoms with Crippen LogP contribution in [0.5, 0.6) is 5.75 Å². The zero-order valence-corrected chi connectivity index (χ0v) is 15.1. The number of ether oxygens (including phenoxy) is 1. The van der Waals surface area contributed by atoms with E-state index in [1.807, 2.05) is 0 Å². The molecule has 130 valence electrons. The lowest BCUT2D eigenvalue weighted by Gasteiger charge is -2.11. The molecule has 7 heteroatoms. The first-order valence-corrected chi connectivity index (χ1v) is 8.04. The highest BCUT2D eigenvalue weighted by molar-refractivity contribution is 6.42. The van der Waals surface area contributed by atoms with Gasteiger partial charge in [0.05, 0.1) is 22.8 Å². The maximum Gasteiger partial charge on any atom is 0.248 e. The molecule has 25 heavy (non-hydrogen) atoms. The van der Waals surface area contributed by atoms with Crippen molar-refractivity contribution in [3.8, 4) is 5.75 Å². The lowest BCUT2D eigenvalue weighted by molar-refractivity contribution is -0.114. The Morgan fingerprint density at radius 2 is 1.80 bits per heavy atom. The summed E-state index contributed by atoms with van der Waals surface area (Å²) in [6.07, 6.45) is 2.98. The smallest absolute Gasteiger partial charge is 0.248 e. The topological polar surface area (TPSA) is 67.4 Å². The molecule has 0 atom stereocenters. The average molecular weight is 379 g/mol. The molecule has 2 rings (SSSR count). The van der Waals surface area contributed by atoms with Crippen molar-refractivity contribution in [1.29, 1.82) is 0 Å². The van der Waals surface area contributed by atoms with Crippen molar-refractivity contribution in [1.82, 2.24) is 0 Å². The largest absolute Gasteiger partial charge is 0.495 e. The van der Waals surface area contributed by atoms with Gasteiger partial charge in [0.25, 0.3) is 0 Å². The molecule has 0 bridgehead atoms. The van der Waals surface area contributed by atoms with E-state index in [2.05, 4.69) is 10.6 Å². The van der Waals surface area contributed by atoms with Gasteiger partial charge in [0.2, 0.25) is 11.8 Å². The fraction of sp³-hybridized carbons (Fsp3) is 0.111. The third-order valence-electron chi connectivity index (χ3n) is 3.15. The second kappa shape index (κ2) is 8.55. The van der Waals surface area contributed by atoms with E-state index in [4.69, 9.17) is 27.9 Å². The zero-order chi connectivity index (χ0) is 18.4. The summed E-state index contributed by atoms with van der Waals surface area (Å²) in [7, 11) is 1.49. The molecule has 2 aromatic rings. The molecule has 0 fully saturated rings. The van der Waals surface area contributed by atoms with Crippen LogP contribution in [-0.2, 0) is 9.59 Å². The second-order valence-corrected chi connectivity index (χ2v) is 5.91. The Morgan fingerprint density at radius 1 is 1.04 bits per heavy atom. The minimum absolute atomic E-state index is 0.207. The van der Waals surface area contributed by atoms with Gasteiger partial charge in [-0.1, -0.05) is 29.3 Å². The molecule has 2 amide bonds. The van der Waals surface area contributed by atoms with Crippen molar-refractivity contribution in [2.45, 2.75) is 6.92 Å². The van der Waals surface area contributed by atoms with E-state index in [1.165, 1.54) is 20.1 Å². The van der Waals surface area contributed by atoms with Crippen molar-refractivity contribution in [3.63, 3.8) is 0 Å². The summed E-state index contributed by atoms with van der Waals surface area (Å²) in [6, 6.07) is 10.0. The van der Waals surface area contributed by atoms with Crippen LogP contribution in [0.2, 0.25) is 10.0 Å². The number of rotatable bonds is 5. The fourth-order valence-electron chi connectivity index (χ4n) is 2.05. The summed E-state index contributed by atoms with van der Waals surface area (Å²) in [6.45, 7) is 1.41. The number of hydrogen-bond acceptors (Lipinski definition) is 3. The molecule has 0 unspecified atom stereocenters. The SMILES string of the molecule is COc1ccc(NC(C)=O)cc1NC(=O)/C=C/c1ccc(Cl)c(Cl)c1. The maximum absolute atomic E-state index is 12.1. The number of halogens is 2. The van der Waals surface area contributed by atoms with Crippen LogP contribution in [0.4, 0.5) is 11.4 Å². The molecule has 0 spiro atoms. The molecule has 0 aliphatic rings. The Balaban J connectivity index is 2.14. The van der Waals surface area contributed by atoms with Crippen molar-refractivity contribution < 1.29 is 14.3 Å². The molecule has 0 aliphatic heterocycles. The summed E-state index contributed by atoms with van der Waals surface area (Å²) < 4.78 is 5.21. The summed E-state index contributed by atoms with van der Waals surface area (Å²) in [5.74, 6) is -0.0864. The first kappa shape index (κ1) is 18.8. The van der Waals surface area contributed by atoms with E-state index in [-0.39, 0.29) is 11.8 Å². The van der Waals surface area contributed by atoms with Crippen LogP contribution < -0.4 is 15.4 Å². The first-order valence-electron chi connectivity index (χ1n) is 7.29. The zero-order valence-electron chi connectivity index (χ0n) is 13.6. The van der Waals surface area contributed by atoms with Crippen molar-refractivity contribution in [2.24, 2.45) is 0 Å². The molecular weight excluding hydrogens is 363 g/mol. The van der Waals surface area contributed by atoms with E-state index in [9.17, 15) is 9.59 Å². The molecule has 0 aromatic heterocycles. The number of methoxy groups -OCH3 is 1. The van der Waals surface area contributed by atoms with Crippen molar-refractivity contribution in [2.75, 3.05) is 17.7 Å². The van der Waals surface area contributed by atoms with Crippen LogP contribution in [0.15, 0.2) is 42.5 Å². The second-order valence-electron chi connectivity index (χ2n) is 5.09. The van der Waals surface area contributed by atoms with Crippen LogP contribution in [0.1, 0.15) is 12.5 Å². The average Bonchev–Trinajstić information content (AvgIpc) is 2.56. The van der Waals surface area contributed by atoms with Gasteiger partial charge >= 0.3 is 0 Å². The van der Waals surface area contributed by atoms with E-state index in [1.54, 1.807) is 42.5 Å². The highest BCUT2D eigenvalue weighted by atomic mass is 35.5. The molecular formula is C18H16Cl2N2O3. The van der Waals surface area contributed by atoms with Crippen molar-refractivity contribution >= 4 is 52.5 Å². The van der Waals surface area contributed by atoms with E-state index in [0.717, 1.165) is 5.56 Å². The van der Waals surface area contributed by atoms with E-state index >= 15 is 0 Å². The first-order chi connectivity index (χ1) is 11.9. The molecule has 2 aromatic carbocycles. The summed E-state index contributed by atoms with van der Waals surface area (Å²) in [5, 5.41) is 6.22. The molecule has 0 radical (unpaired) electrons. The third-order valence-corrected chi connectivity index (χ3v) is 3.89. The van der Waals surface area contributed by atoms with Gasteiger partial charge in [-0.25, -0.2) is 0 Å². The number of hydrogen-bond donors (Lipinski definition) is 2. The van der Waals surface area contributed by atoms with Crippen LogP contribution >= 0.6 is 23.2 Å². The molecule has 5 nitrogen and oxygen atoms in total. The number of benzene rings is 2. The predicted molar refractivity (Wildman–Crippen MR) is 101 cm³/mol. The quantitative estimate of drug-likeness (QED) is 0.746. The number of carbonyl (C=O) groups is 2. The number of amides is 2. The van der Waals surface area contributed by atoms with Gasteiger partial charge in [-0.2, -0.15) is 0 Å². The number of anilines is 2. The lowest BCUT2D eigenvalue weighted by atomic mass is 10.2. The Bertz CT molecular complexity index is 835. The molecule has 2 N–H and O–H groups in total. The van der Waals surface area contributed by atoms with Crippen LogP contribution in [0, 0.1) is 0 Å². The normalized spacial score (nSPS) is 10.6. The molecule has 0 saturated carbocycles. The minimum atomic E-state index is -0.357. The summed E-state index contributed by atoms with van der Waals surface area (Å²) in [5.41, 5.74) is 1.73. The Hall–Kier alpha value is -2.50. The van der Waals surface area contributed by atoms with Gasteiger partial charge in [0, 0.05) is 18.7 Å². The van der Waals surface area contributed by atoms with E-state index in [0.29, 0.717) is 27.2 Å². The van der Waals surface area contributed by atoms with Crippen LogP contribution in [0.3, 0.4) is 0 Å². The monoisotopic (exact) mass is 378 g/mol. The minimum Gasteiger partial charge on any atom is -0.495 e. The molecule has 0 heterocycles. The van der Waals surface area contributed by atoms with Crippen LogP contribution in [0.25, 0.3) is 6.08 Å². The highest BCUT2D eigenvalue weighted by Gasteiger charge is 2.08. The Morgan fingerprint density at radius 3 is 2.44 bits per heavy atom. The van der Waals surface area contributed by atoms with Gasteiger partial charge < -0.3 is 15.4 Å². The summed E-state index contributed by atoms with van der Waals surface area (Å²) in [4.78, 5) is 23.3. The van der Waals surface area contributed by atoms with Gasteiger partial charge in [-0.15, -0.1) is 0 Å². The third kappa shape index (κ3) is 5.52. The van der Waals surface area contributed by atoms with E-state index < -0.39 is 0 Å². The Labute approximate surface area is 155 Å². The van der Waals surface area contributed by atoms with Gasteiger partial charge in [-0.05, 0) is 42.0 Å². The van der Waals surface area contributed by atoms with Crippen molar-refractivity contribution in [3.05, 3.63) is 58.1 Å².